The maximum atomic E-state index is 11.9. The third-order valence-electron chi connectivity index (χ3n) is 2.64. The van der Waals surface area contributed by atoms with Crippen LogP contribution in [0.5, 0.6) is 0 Å². The molecular weight excluding hydrogens is 263 g/mol. The highest BCUT2D eigenvalue weighted by molar-refractivity contribution is 5.77. The number of anilines is 1. The first kappa shape index (κ1) is 13.7. The van der Waals surface area contributed by atoms with Gasteiger partial charge in [-0.15, -0.1) is 0 Å². The minimum Gasteiger partial charge on any atom is -0.370 e. The minimum atomic E-state index is -4.32. The Hall–Kier alpha value is -1.77. The molecule has 0 aliphatic rings. The Labute approximate surface area is 106 Å². The minimum absolute atomic E-state index is 0.0978. The molecule has 0 saturated carbocycles. The van der Waals surface area contributed by atoms with Crippen LogP contribution in [-0.2, 0) is 18.3 Å². The third-order valence-corrected chi connectivity index (χ3v) is 2.64. The van der Waals surface area contributed by atoms with Gasteiger partial charge in [-0.3, -0.25) is 9.25 Å². The SMILES string of the molecule is Cc1nn(C)c2c1nc(N)n2CCOCC(F)(F)F. The second kappa shape index (κ2) is 4.72. The Morgan fingerprint density at radius 3 is 2.68 bits per heavy atom. The number of imidazole rings is 1. The molecule has 2 N–H and O–H groups in total. The zero-order chi connectivity index (χ0) is 14.2. The molecular formula is C10H14F3N5O. The number of ether oxygens (including phenoxy) is 1. The smallest absolute Gasteiger partial charge is 0.370 e. The van der Waals surface area contributed by atoms with Crippen LogP contribution >= 0.6 is 0 Å². The molecule has 0 atom stereocenters. The lowest BCUT2D eigenvalue weighted by Crippen LogP contribution is -2.19. The highest BCUT2D eigenvalue weighted by Crippen LogP contribution is 2.20. The topological polar surface area (TPSA) is 70.9 Å². The maximum absolute atomic E-state index is 11.9. The molecule has 0 saturated heterocycles. The van der Waals surface area contributed by atoms with Crippen LogP contribution in [-0.4, -0.2) is 38.7 Å². The van der Waals surface area contributed by atoms with Crippen molar-refractivity contribution in [2.24, 2.45) is 7.05 Å². The fraction of sp³-hybridized carbons (Fsp3) is 0.600. The zero-order valence-electron chi connectivity index (χ0n) is 10.5. The van der Waals surface area contributed by atoms with Crippen molar-refractivity contribution in [3.05, 3.63) is 5.69 Å². The van der Waals surface area contributed by atoms with E-state index in [9.17, 15) is 13.2 Å². The zero-order valence-corrected chi connectivity index (χ0v) is 10.5. The van der Waals surface area contributed by atoms with Crippen molar-refractivity contribution in [2.45, 2.75) is 19.6 Å². The maximum Gasteiger partial charge on any atom is 0.411 e. The van der Waals surface area contributed by atoms with Gasteiger partial charge in [-0.1, -0.05) is 0 Å². The number of hydrogen-bond acceptors (Lipinski definition) is 4. The highest BCUT2D eigenvalue weighted by Gasteiger charge is 2.27. The summed E-state index contributed by atoms with van der Waals surface area (Å²) in [5, 5.41) is 4.18. The molecule has 2 aromatic rings. The summed E-state index contributed by atoms with van der Waals surface area (Å²) >= 11 is 0. The van der Waals surface area contributed by atoms with Gasteiger partial charge >= 0.3 is 6.18 Å². The average Bonchev–Trinajstić information content (AvgIpc) is 2.73. The molecule has 0 unspecified atom stereocenters. The number of aryl methyl sites for hydroxylation is 2. The normalized spacial score (nSPS) is 12.5. The second-order valence-corrected chi connectivity index (χ2v) is 4.17. The van der Waals surface area contributed by atoms with Crippen LogP contribution in [0.15, 0.2) is 0 Å². The molecule has 0 aliphatic heterocycles. The van der Waals surface area contributed by atoms with Crippen LogP contribution in [0.4, 0.5) is 19.1 Å². The number of aromatic nitrogens is 4. The molecule has 106 valence electrons. The largest absolute Gasteiger partial charge is 0.411 e. The number of nitrogen functional groups attached to an aromatic ring is 1. The van der Waals surface area contributed by atoms with Crippen molar-refractivity contribution in [2.75, 3.05) is 18.9 Å². The summed E-state index contributed by atoms with van der Waals surface area (Å²) in [4.78, 5) is 4.14. The Balaban J connectivity index is 2.10. The van der Waals surface area contributed by atoms with Crippen molar-refractivity contribution >= 4 is 17.1 Å². The van der Waals surface area contributed by atoms with E-state index < -0.39 is 12.8 Å². The second-order valence-electron chi connectivity index (χ2n) is 4.17. The van der Waals surface area contributed by atoms with Gasteiger partial charge in [-0.2, -0.15) is 18.3 Å². The van der Waals surface area contributed by atoms with Crippen LogP contribution in [0.2, 0.25) is 0 Å². The summed E-state index contributed by atoms with van der Waals surface area (Å²) in [5.41, 5.74) is 7.78. The molecule has 0 aliphatic carbocycles. The fourth-order valence-corrected chi connectivity index (χ4v) is 1.92. The van der Waals surface area contributed by atoms with E-state index in [0.717, 1.165) is 5.69 Å². The molecule has 2 aromatic heterocycles. The number of nitrogens with two attached hydrogens (primary N) is 1. The van der Waals surface area contributed by atoms with E-state index in [1.54, 1.807) is 23.2 Å². The van der Waals surface area contributed by atoms with Crippen molar-refractivity contribution in [3.8, 4) is 0 Å². The Morgan fingerprint density at radius 1 is 1.37 bits per heavy atom. The van der Waals surface area contributed by atoms with Crippen LogP contribution in [0, 0.1) is 6.92 Å². The quantitative estimate of drug-likeness (QED) is 0.853. The first-order chi connectivity index (χ1) is 8.79. The summed E-state index contributed by atoms with van der Waals surface area (Å²) < 4.78 is 43.6. The highest BCUT2D eigenvalue weighted by atomic mass is 19.4. The van der Waals surface area contributed by atoms with E-state index in [0.29, 0.717) is 11.2 Å². The molecule has 0 radical (unpaired) electrons. The summed E-state index contributed by atoms with van der Waals surface area (Å²) in [7, 11) is 1.73. The van der Waals surface area contributed by atoms with E-state index in [2.05, 4.69) is 14.8 Å². The fourth-order valence-electron chi connectivity index (χ4n) is 1.92. The molecule has 0 aromatic carbocycles. The number of nitrogens with zero attached hydrogens (tertiary/aromatic N) is 4. The predicted octanol–water partition coefficient (Wildman–Crippen LogP) is 1.24. The van der Waals surface area contributed by atoms with Crippen molar-refractivity contribution in [3.63, 3.8) is 0 Å². The lowest BCUT2D eigenvalue weighted by molar-refractivity contribution is -0.174. The van der Waals surface area contributed by atoms with Gasteiger partial charge in [0.15, 0.2) is 5.65 Å². The van der Waals surface area contributed by atoms with Gasteiger partial charge < -0.3 is 10.5 Å². The standard InChI is InChI=1S/C10H14F3N5O/c1-6-7-8(17(2)16-6)18(9(14)15-7)3-4-19-5-10(11,12)13/h3-5H2,1-2H3,(H2,14,15). The lowest BCUT2D eigenvalue weighted by atomic mass is 10.4. The number of rotatable bonds is 4. The lowest BCUT2D eigenvalue weighted by Gasteiger charge is -2.09. The average molecular weight is 277 g/mol. The number of hydrogen-bond donors (Lipinski definition) is 1. The Morgan fingerprint density at radius 2 is 2.05 bits per heavy atom. The Bertz CT molecular complexity index is 586. The third kappa shape index (κ3) is 2.80. The van der Waals surface area contributed by atoms with Gasteiger partial charge in [0.2, 0.25) is 5.95 Å². The van der Waals surface area contributed by atoms with Gasteiger partial charge in [0.1, 0.15) is 12.1 Å². The van der Waals surface area contributed by atoms with E-state index in [-0.39, 0.29) is 19.1 Å². The monoisotopic (exact) mass is 277 g/mol. The van der Waals surface area contributed by atoms with Crippen LogP contribution in [0.25, 0.3) is 11.2 Å². The van der Waals surface area contributed by atoms with E-state index in [4.69, 9.17) is 5.73 Å². The molecule has 2 heterocycles. The van der Waals surface area contributed by atoms with Crippen LogP contribution in [0.3, 0.4) is 0 Å². The molecule has 6 nitrogen and oxygen atoms in total. The predicted molar refractivity (Wildman–Crippen MR) is 62.5 cm³/mol. The summed E-state index contributed by atoms with van der Waals surface area (Å²) in [6.45, 7) is 0.616. The van der Waals surface area contributed by atoms with Gasteiger partial charge in [0.25, 0.3) is 0 Å². The molecule has 19 heavy (non-hydrogen) atoms. The summed E-state index contributed by atoms with van der Waals surface area (Å²) in [6, 6.07) is 0. The van der Waals surface area contributed by atoms with E-state index in [1.807, 2.05) is 0 Å². The van der Waals surface area contributed by atoms with Gasteiger partial charge in [0.05, 0.1) is 18.8 Å². The van der Waals surface area contributed by atoms with Crippen molar-refractivity contribution in [1.29, 1.82) is 0 Å². The number of fused-ring (bicyclic) bond motifs is 1. The van der Waals surface area contributed by atoms with Crippen LogP contribution in [0.1, 0.15) is 5.69 Å². The van der Waals surface area contributed by atoms with Gasteiger partial charge in [-0.05, 0) is 6.92 Å². The first-order valence-corrected chi connectivity index (χ1v) is 5.59. The molecule has 0 bridgehead atoms. The number of alkyl halides is 3. The summed E-state index contributed by atoms with van der Waals surface area (Å²) in [5.74, 6) is 0.238. The molecule has 0 amide bonds. The molecule has 2 rings (SSSR count). The number of halogens is 3. The van der Waals surface area contributed by atoms with Gasteiger partial charge in [-0.25, -0.2) is 4.98 Å². The summed E-state index contributed by atoms with van der Waals surface area (Å²) in [6.07, 6.45) is -4.32. The van der Waals surface area contributed by atoms with Crippen molar-refractivity contribution in [1.82, 2.24) is 19.3 Å². The van der Waals surface area contributed by atoms with Gasteiger partial charge in [0, 0.05) is 7.05 Å². The van der Waals surface area contributed by atoms with E-state index in [1.165, 1.54) is 0 Å². The molecule has 0 fully saturated rings. The first-order valence-electron chi connectivity index (χ1n) is 5.59. The van der Waals surface area contributed by atoms with Crippen molar-refractivity contribution < 1.29 is 17.9 Å². The molecule has 9 heteroatoms. The molecule has 0 spiro atoms. The van der Waals surface area contributed by atoms with Crippen LogP contribution < -0.4 is 5.73 Å². The van der Waals surface area contributed by atoms with E-state index >= 15 is 0 Å². The Kier molecular flexibility index (Phi) is 3.40.